The van der Waals surface area contributed by atoms with Gasteiger partial charge < -0.3 is 15.1 Å². The van der Waals surface area contributed by atoms with E-state index in [1.165, 1.54) is 12.1 Å². The zero-order valence-corrected chi connectivity index (χ0v) is 19.6. The van der Waals surface area contributed by atoms with Gasteiger partial charge in [0.2, 0.25) is 0 Å². The fourth-order valence-electron chi connectivity index (χ4n) is 3.49. The first-order valence-corrected chi connectivity index (χ1v) is 11.4. The second-order valence-corrected chi connectivity index (χ2v) is 9.19. The van der Waals surface area contributed by atoms with Crippen molar-refractivity contribution in [1.82, 2.24) is 9.88 Å². The molecule has 1 aliphatic heterocycles. The second-order valence-electron chi connectivity index (χ2n) is 7.62. The lowest BCUT2D eigenvalue weighted by molar-refractivity contribution is -0.0328. The third kappa shape index (κ3) is 6.03. The summed E-state index contributed by atoms with van der Waals surface area (Å²) in [4.78, 5) is 21.0. The van der Waals surface area contributed by atoms with E-state index in [-0.39, 0.29) is 22.6 Å². The van der Waals surface area contributed by atoms with Crippen LogP contribution in [-0.2, 0) is 6.54 Å². The summed E-state index contributed by atoms with van der Waals surface area (Å²) in [7, 11) is 0. The molecule has 10 heteroatoms. The molecule has 1 N–H and O–H groups in total. The van der Waals surface area contributed by atoms with Crippen LogP contribution in [0.1, 0.15) is 22.8 Å². The number of hydrogen-bond donors (Lipinski definition) is 1. The van der Waals surface area contributed by atoms with Crippen LogP contribution in [0.3, 0.4) is 0 Å². The highest BCUT2D eigenvalue weighted by molar-refractivity contribution is 8.00. The van der Waals surface area contributed by atoms with Gasteiger partial charge in [-0.1, -0.05) is 11.6 Å². The first kappa shape index (κ1) is 24.0. The average molecular weight is 505 g/mol. The number of carbonyl (C=O) groups is 1. The number of rotatable bonds is 6. The van der Waals surface area contributed by atoms with E-state index in [1.54, 1.807) is 48.8 Å². The van der Waals surface area contributed by atoms with E-state index < -0.39 is 5.51 Å². The van der Waals surface area contributed by atoms with Gasteiger partial charge in [-0.05, 0) is 78.8 Å². The number of aromatic nitrogens is 1. The van der Waals surface area contributed by atoms with Crippen LogP contribution in [0.25, 0.3) is 0 Å². The summed E-state index contributed by atoms with van der Waals surface area (Å²) in [5.41, 5.74) is -0.575. The quantitative estimate of drug-likeness (QED) is 0.377. The fraction of sp³-hybridized carbons (Fsp3) is 0.167. The Morgan fingerprint density at radius 1 is 1.12 bits per heavy atom. The van der Waals surface area contributed by atoms with Crippen LogP contribution in [0.2, 0.25) is 5.02 Å². The summed E-state index contributed by atoms with van der Waals surface area (Å²) in [6, 6.07) is 14.7. The third-order valence-corrected chi connectivity index (χ3v) is 6.18. The minimum Gasteiger partial charge on any atom is -0.351 e. The van der Waals surface area contributed by atoms with Crippen LogP contribution in [-0.4, -0.2) is 28.0 Å². The summed E-state index contributed by atoms with van der Waals surface area (Å²) in [5.74, 6) is -0.266. The minimum atomic E-state index is -4.31. The SMILES string of the molecule is CC1=CN(c2ccc(SC(F)(F)F)cc2)CN1Cc1ccncc1NC(=O)c1ccc(Cl)cc1. The third-order valence-electron chi connectivity index (χ3n) is 5.19. The van der Waals surface area contributed by atoms with Crippen molar-refractivity contribution < 1.29 is 18.0 Å². The van der Waals surface area contributed by atoms with E-state index in [2.05, 4.69) is 15.2 Å². The Hall–Kier alpha value is -3.17. The molecule has 0 saturated heterocycles. The Balaban J connectivity index is 1.43. The zero-order chi connectivity index (χ0) is 24.3. The molecule has 1 aliphatic rings. The number of thioether (sulfide) groups is 1. The molecule has 0 aliphatic carbocycles. The van der Waals surface area contributed by atoms with E-state index in [0.29, 0.717) is 29.5 Å². The molecule has 0 unspecified atom stereocenters. The maximum absolute atomic E-state index is 12.6. The van der Waals surface area contributed by atoms with Crippen molar-refractivity contribution >= 4 is 40.6 Å². The molecule has 4 rings (SSSR count). The van der Waals surface area contributed by atoms with Crippen molar-refractivity contribution in [2.24, 2.45) is 0 Å². The van der Waals surface area contributed by atoms with Gasteiger partial charge in [-0.3, -0.25) is 9.78 Å². The van der Waals surface area contributed by atoms with Gasteiger partial charge in [-0.15, -0.1) is 0 Å². The molecular weight excluding hydrogens is 485 g/mol. The fourth-order valence-corrected chi connectivity index (χ4v) is 4.15. The number of hydrogen-bond acceptors (Lipinski definition) is 5. The monoisotopic (exact) mass is 504 g/mol. The molecule has 2 aromatic carbocycles. The highest BCUT2D eigenvalue weighted by atomic mass is 35.5. The Kier molecular flexibility index (Phi) is 7.04. The van der Waals surface area contributed by atoms with Crippen LogP contribution in [0.5, 0.6) is 0 Å². The summed E-state index contributed by atoms with van der Waals surface area (Å²) in [5, 5.41) is 3.45. The second kappa shape index (κ2) is 9.99. The van der Waals surface area contributed by atoms with Gasteiger partial charge in [0, 0.05) is 45.8 Å². The molecule has 0 atom stereocenters. The molecule has 1 aromatic heterocycles. The highest BCUT2D eigenvalue weighted by Gasteiger charge is 2.29. The molecule has 0 radical (unpaired) electrons. The molecule has 34 heavy (non-hydrogen) atoms. The number of allylic oxidation sites excluding steroid dienone is 1. The van der Waals surface area contributed by atoms with Crippen molar-refractivity contribution in [2.45, 2.75) is 23.9 Å². The highest BCUT2D eigenvalue weighted by Crippen LogP contribution is 2.37. The summed E-state index contributed by atoms with van der Waals surface area (Å²) < 4.78 is 37.7. The van der Waals surface area contributed by atoms with E-state index in [4.69, 9.17) is 11.6 Å². The number of nitrogens with zero attached hydrogens (tertiary/aromatic N) is 3. The van der Waals surface area contributed by atoms with Crippen molar-refractivity contribution in [1.29, 1.82) is 0 Å². The van der Waals surface area contributed by atoms with E-state index >= 15 is 0 Å². The number of alkyl halides is 3. The molecule has 176 valence electrons. The predicted molar refractivity (Wildman–Crippen MR) is 129 cm³/mol. The molecular formula is C24H20ClF3N4OS. The molecule has 0 spiro atoms. The molecule has 0 saturated carbocycles. The molecule has 2 heterocycles. The molecule has 1 amide bonds. The number of anilines is 2. The molecule has 0 bridgehead atoms. The maximum Gasteiger partial charge on any atom is 0.446 e. The topological polar surface area (TPSA) is 48.5 Å². The Labute approximate surface area is 204 Å². The van der Waals surface area contributed by atoms with Gasteiger partial charge in [0.1, 0.15) is 0 Å². The van der Waals surface area contributed by atoms with E-state index in [1.807, 2.05) is 24.1 Å². The lowest BCUT2D eigenvalue weighted by Crippen LogP contribution is -2.26. The number of benzene rings is 2. The van der Waals surface area contributed by atoms with Gasteiger partial charge in [0.25, 0.3) is 5.91 Å². The predicted octanol–water partition coefficient (Wildman–Crippen LogP) is 6.74. The average Bonchev–Trinajstić information content (AvgIpc) is 3.15. The lowest BCUT2D eigenvalue weighted by atomic mass is 10.1. The summed E-state index contributed by atoms with van der Waals surface area (Å²) in [6.07, 6.45) is 5.21. The van der Waals surface area contributed by atoms with Crippen molar-refractivity contribution in [2.75, 3.05) is 16.9 Å². The van der Waals surface area contributed by atoms with Crippen LogP contribution in [0.4, 0.5) is 24.5 Å². The summed E-state index contributed by atoms with van der Waals surface area (Å²) >= 11 is 5.77. The van der Waals surface area contributed by atoms with Crippen LogP contribution < -0.4 is 10.2 Å². The van der Waals surface area contributed by atoms with Crippen molar-refractivity contribution in [3.63, 3.8) is 0 Å². The van der Waals surface area contributed by atoms with Crippen molar-refractivity contribution in [3.05, 3.63) is 95.0 Å². The number of nitrogens with one attached hydrogen (secondary N) is 1. The van der Waals surface area contributed by atoms with Gasteiger partial charge in [0.15, 0.2) is 0 Å². The molecule has 5 nitrogen and oxygen atoms in total. The van der Waals surface area contributed by atoms with Gasteiger partial charge >= 0.3 is 5.51 Å². The first-order chi connectivity index (χ1) is 16.2. The normalized spacial score (nSPS) is 13.7. The standard InChI is InChI=1S/C24H20ClF3N4OS/c1-16-13-32(20-6-8-21(9-7-20)34-24(26,27)28)15-31(16)14-18-10-11-29-12-22(18)30-23(33)17-2-4-19(25)5-3-17/h2-13H,14-15H2,1H3,(H,30,33). The number of pyridine rings is 1. The van der Waals surface area contributed by atoms with Crippen LogP contribution in [0.15, 0.2) is 83.8 Å². The largest absolute Gasteiger partial charge is 0.446 e. The Bertz CT molecular complexity index is 1200. The summed E-state index contributed by atoms with van der Waals surface area (Å²) in [6.45, 7) is 2.99. The molecule has 3 aromatic rings. The van der Waals surface area contributed by atoms with Crippen LogP contribution in [0, 0.1) is 0 Å². The molecule has 0 fully saturated rings. The van der Waals surface area contributed by atoms with Gasteiger partial charge in [0.05, 0.1) is 18.6 Å². The Morgan fingerprint density at radius 2 is 1.82 bits per heavy atom. The number of amides is 1. The minimum absolute atomic E-state index is 0.131. The van der Waals surface area contributed by atoms with Gasteiger partial charge in [-0.25, -0.2) is 0 Å². The van der Waals surface area contributed by atoms with Crippen LogP contribution >= 0.6 is 23.4 Å². The first-order valence-electron chi connectivity index (χ1n) is 10.2. The van der Waals surface area contributed by atoms with E-state index in [9.17, 15) is 18.0 Å². The van der Waals surface area contributed by atoms with Gasteiger partial charge in [-0.2, -0.15) is 13.2 Å². The number of carbonyl (C=O) groups excluding carboxylic acids is 1. The van der Waals surface area contributed by atoms with Crippen molar-refractivity contribution in [3.8, 4) is 0 Å². The number of halogens is 4. The van der Waals surface area contributed by atoms with E-state index in [0.717, 1.165) is 16.9 Å². The maximum atomic E-state index is 12.6. The Morgan fingerprint density at radius 3 is 2.50 bits per heavy atom. The zero-order valence-electron chi connectivity index (χ0n) is 18.0. The smallest absolute Gasteiger partial charge is 0.351 e. The lowest BCUT2D eigenvalue weighted by Gasteiger charge is -2.24.